The molecule has 2 aromatic carbocycles. The number of sulfonamides is 1. The van der Waals surface area contributed by atoms with Crippen LogP contribution in [0.25, 0.3) is 0 Å². The summed E-state index contributed by atoms with van der Waals surface area (Å²) in [6, 6.07) is 9.22. The Morgan fingerprint density at radius 3 is 2.55 bits per heavy atom. The second-order valence-corrected chi connectivity index (χ2v) is 9.33. The van der Waals surface area contributed by atoms with E-state index in [0.29, 0.717) is 23.5 Å². The van der Waals surface area contributed by atoms with Crippen molar-refractivity contribution in [2.24, 2.45) is 0 Å². The number of carbonyl (C=O) groups is 1. The van der Waals surface area contributed by atoms with Crippen molar-refractivity contribution in [1.29, 1.82) is 0 Å². The zero-order valence-electron chi connectivity index (χ0n) is 17.1. The first-order chi connectivity index (χ1) is 13.6. The third-order valence-corrected chi connectivity index (χ3v) is 6.37. The lowest BCUT2D eigenvalue weighted by Gasteiger charge is -2.37. The summed E-state index contributed by atoms with van der Waals surface area (Å²) in [4.78, 5) is 11.9. The number of hydrogen-bond donors (Lipinski definition) is 1. The quantitative estimate of drug-likeness (QED) is 0.747. The van der Waals surface area contributed by atoms with Crippen molar-refractivity contribution in [1.82, 2.24) is 4.72 Å². The predicted octanol–water partition coefficient (Wildman–Crippen LogP) is 3.37. The summed E-state index contributed by atoms with van der Waals surface area (Å²) in [5.74, 6) is 0.626. The van der Waals surface area contributed by atoms with E-state index in [1.54, 1.807) is 38.3 Å². The zero-order valence-corrected chi connectivity index (χ0v) is 17.9. The van der Waals surface area contributed by atoms with Crippen LogP contribution in [0.1, 0.15) is 47.8 Å². The van der Waals surface area contributed by atoms with Crippen LogP contribution in [0.15, 0.2) is 41.3 Å². The van der Waals surface area contributed by atoms with Crippen molar-refractivity contribution in [2.75, 3.05) is 14.2 Å². The number of methoxy groups -OCH3 is 2. The van der Waals surface area contributed by atoms with Gasteiger partial charge in [0, 0.05) is 18.1 Å². The van der Waals surface area contributed by atoms with Gasteiger partial charge in [0.05, 0.1) is 30.7 Å². The van der Waals surface area contributed by atoms with Crippen LogP contribution in [0.3, 0.4) is 0 Å². The molecule has 0 spiro atoms. The lowest BCUT2D eigenvalue weighted by Crippen LogP contribution is -2.41. The molecule has 1 aliphatic heterocycles. The first kappa shape index (κ1) is 21.1. The van der Waals surface area contributed by atoms with Crippen LogP contribution in [0.4, 0.5) is 0 Å². The number of rotatable bonds is 5. The van der Waals surface area contributed by atoms with Gasteiger partial charge in [0.2, 0.25) is 10.0 Å². The molecule has 8 heteroatoms. The molecule has 0 aromatic heterocycles. The van der Waals surface area contributed by atoms with Gasteiger partial charge in [-0.15, -0.1) is 0 Å². The molecule has 0 saturated heterocycles. The van der Waals surface area contributed by atoms with E-state index in [9.17, 15) is 13.2 Å². The molecule has 7 nitrogen and oxygen atoms in total. The molecule has 0 saturated carbocycles. The molecule has 1 atom stereocenters. The molecular weight excluding hydrogens is 394 g/mol. The Kier molecular flexibility index (Phi) is 5.60. The van der Waals surface area contributed by atoms with Gasteiger partial charge in [-0.25, -0.2) is 17.9 Å². The van der Waals surface area contributed by atoms with E-state index in [-0.39, 0.29) is 10.5 Å². The van der Waals surface area contributed by atoms with Crippen molar-refractivity contribution in [3.63, 3.8) is 0 Å². The second kappa shape index (κ2) is 7.68. The number of fused-ring (bicyclic) bond motifs is 1. The van der Waals surface area contributed by atoms with E-state index in [1.165, 1.54) is 19.2 Å². The number of hydrogen-bond acceptors (Lipinski definition) is 6. The summed E-state index contributed by atoms with van der Waals surface area (Å²) in [5.41, 5.74) is 1.01. The molecule has 0 radical (unpaired) electrons. The third kappa shape index (κ3) is 4.38. The van der Waals surface area contributed by atoms with Gasteiger partial charge in [0.15, 0.2) is 0 Å². The maximum absolute atomic E-state index is 13.1. The Morgan fingerprint density at radius 1 is 1.17 bits per heavy atom. The van der Waals surface area contributed by atoms with Crippen LogP contribution in [-0.4, -0.2) is 34.2 Å². The number of benzene rings is 2. The van der Waals surface area contributed by atoms with Gasteiger partial charge in [-0.1, -0.05) is 12.1 Å². The molecule has 156 valence electrons. The molecule has 1 heterocycles. The molecule has 0 aliphatic carbocycles. The van der Waals surface area contributed by atoms with E-state index >= 15 is 0 Å². The number of esters is 1. The average molecular weight is 419 g/mol. The Balaban J connectivity index is 1.98. The van der Waals surface area contributed by atoms with E-state index < -0.39 is 27.6 Å². The lowest BCUT2D eigenvalue weighted by molar-refractivity contribution is 0.0599. The normalized spacial score (nSPS) is 17.8. The van der Waals surface area contributed by atoms with Gasteiger partial charge < -0.3 is 14.2 Å². The first-order valence-electron chi connectivity index (χ1n) is 9.14. The highest BCUT2D eigenvalue weighted by Gasteiger charge is 2.36. The monoisotopic (exact) mass is 419 g/mol. The molecule has 0 unspecified atom stereocenters. The molecule has 2 aromatic rings. The van der Waals surface area contributed by atoms with E-state index in [2.05, 4.69) is 4.72 Å². The summed E-state index contributed by atoms with van der Waals surface area (Å²) < 4.78 is 45.0. The van der Waals surface area contributed by atoms with Crippen molar-refractivity contribution < 1.29 is 27.4 Å². The minimum Gasteiger partial charge on any atom is -0.497 e. The smallest absolute Gasteiger partial charge is 0.338 e. The first-order valence-corrected chi connectivity index (χ1v) is 10.6. The van der Waals surface area contributed by atoms with Crippen molar-refractivity contribution >= 4 is 16.0 Å². The summed E-state index contributed by atoms with van der Waals surface area (Å²) >= 11 is 0. The Bertz CT molecular complexity index is 1050. The lowest BCUT2D eigenvalue weighted by atomic mass is 9.90. The van der Waals surface area contributed by atoms with Gasteiger partial charge in [0.25, 0.3) is 0 Å². The van der Waals surface area contributed by atoms with Gasteiger partial charge in [-0.2, -0.15) is 0 Å². The highest BCUT2D eigenvalue weighted by atomic mass is 32.2. The van der Waals surface area contributed by atoms with Crippen molar-refractivity contribution in [2.45, 2.75) is 43.7 Å². The molecule has 0 fully saturated rings. The fourth-order valence-corrected chi connectivity index (χ4v) is 4.66. The standard InChI is InChI=1S/C21H25NO6S/c1-13-6-8-15(11-17(13)20(23)27-5)29(24,25)22-18-12-21(2,3)28-19-10-14(26-4)7-9-16(18)19/h6-11,18,22H,12H2,1-5H3/t18-/m0/s1. The van der Waals surface area contributed by atoms with Crippen LogP contribution in [0.5, 0.6) is 11.5 Å². The van der Waals surface area contributed by atoms with Crippen molar-refractivity contribution in [3.05, 3.63) is 53.1 Å². The van der Waals surface area contributed by atoms with Crippen LogP contribution < -0.4 is 14.2 Å². The maximum atomic E-state index is 13.1. The average Bonchev–Trinajstić information content (AvgIpc) is 2.65. The zero-order chi connectivity index (χ0) is 21.4. The highest BCUT2D eigenvalue weighted by Crippen LogP contribution is 2.41. The predicted molar refractivity (Wildman–Crippen MR) is 108 cm³/mol. The Hall–Kier alpha value is -2.58. The SMILES string of the molecule is COC(=O)c1cc(S(=O)(=O)N[C@H]2CC(C)(C)Oc3cc(OC)ccc32)ccc1C. The molecule has 3 rings (SSSR count). The topological polar surface area (TPSA) is 90.9 Å². The van der Waals surface area contributed by atoms with Crippen molar-refractivity contribution in [3.8, 4) is 11.5 Å². The molecule has 0 bridgehead atoms. The van der Waals surface area contributed by atoms with E-state index in [0.717, 1.165) is 5.56 Å². The molecule has 29 heavy (non-hydrogen) atoms. The fourth-order valence-electron chi connectivity index (χ4n) is 3.42. The van der Waals surface area contributed by atoms with Crippen LogP contribution in [-0.2, 0) is 14.8 Å². The second-order valence-electron chi connectivity index (χ2n) is 7.61. The van der Waals surface area contributed by atoms with Gasteiger partial charge >= 0.3 is 5.97 Å². The highest BCUT2D eigenvalue weighted by molar-refractivity contribution is 7.89. The van der Waals surface area contributed by atoms with Gasteiger partial charge in [0.1, 0.15) is 17.1 Å². The summed E-state index contributed by atoms with van der Waals surface area (Å²) in [6.07, 6.45) is 0.446. The Morgan fingerprint density at radius 2 is 1.90 bits per heavy atom. The van der Waals surface area contributed by atoms with Crippen LogP contribution in [0, 0.1) is 6.92 Å². The molecule has 0 amide bonds. The molecule has 1 N–H and O–H groups in total. The Labute approximate surface area is 171 Å². The molecule has 1 aliphatic rings. The maximum Gasteiger partial charge on any atom is 0.338 e. The van der Waals surface area contributed by atoms with Gasteiger partial charge in [-0.3, -0.25) is 0 Å². The summed E-state index contributed by atoms with van der Waals surface area (Å²) in [7, 11) is -1.07. The van der Waals surface area contributed by atoms with Gasteiger partial charge in [-0.05, 0) is 44.5 Å². The fraction of sp³-hybridized carbons (Fsp3) is 0.381. The third-order valence-electron chi connectivity index (χ3n) is 4.90. The molecular formula is C21H25NO6S. The number of aryl methyl sites for hydroxylation is 1. The van der Waals surface area contributed by atoms with E-state index in [1.807, 2.05) is 13.8 Å². The minimum absolute atomic E-state index is 0.00265. The number of ether oxygens (including phenoxy) is 3. The summed E-state index contributed by atoms with van der Waals surface area (Å²) in [5, 5.41) is 0. The number of carbonyl (C=O) groups excluding carboxylic acids is 1. The number of nitrogens with one attached hydrogen (secondary N) is 1. The van der Waals surface area contributed by atoms with Crippen LogP contribution in [0.2, 0.25) is 0 Å². The van der Waals surface area contributed by atoms with E-state index in [4.69, 9.17) is 14.2 Å². The summed E-state index contributed by atoms with van der Waals surface area (Å²) in [6.45, 7) is 5.52. The minimum atomic E-state index is -3.89. The largest absolute Gasteiger partial charge is 0.497 e. The van der Waals surface area contributed by atoms with Crippen LogP contribution >= 0.6 is 0 Å².